The van der Waals surface area contributed by atoms with Crippen molar-refractivity contribution >= 4 is 29.6 Å². The summed E-state index contributed by atoms with van der Waals surface area (Å²) in [5.41, 5.74) is 8.03. The van der Waals surface area contributed by atoms with Crippen LogP contribution in [0.15, 0.2) is 152 Å². The summed E-state index contributed by atoms with van der Waals surface area (Å²) in [7, 11) is 0. The van der Waals surface area contributed by atoms with Crippen molar-refractivity contribution in [1.82, 2.24) is 5.32 Å². The van der Waals surface area contributed by atoms with Crippen molar-refractivity contribution < 1.29 is 23.9 Å². The minimum atomic E-state index is -0.956. The van der Waals surface area contributed by atoms with E-state index >= 15 is 0 Å². The van der Waals surface area contributed by atoms with E-state index in [9.17, 15) is 14.4 Å². The molecule has 2 atom stereocenters. The van der Waals surface area contributed by atoms with E-state index in [2.05, 4.69) is 102 Å². The van der Waals surface area contributed by atoms with Crippen LogP contribution in [-0.4, -0.2) is 42.4 Å². The molecule has 0 spiro atoms. The van der Waals surface area contributed by atoms with Gasteiger partial charge in [-0.2, -0.15) is 0 Å². The highest BCUT2D eigenvalue weighted by molar-refractivity contribution is 8.00. The van der Waals surface area contributed by atoms with Crippen molar-refractivity contribution in [2.75, 3.05) is 12.4 Å². The first kappa shape index (κ1) is 38.3. The number of carbonyl (C=O) groups is 3. The van der Waals surface area contributed by atoms with E-state index in [1.807, 2.05) is 74.1 Å². The molecule has 5 aromatic carbocycles. The molecular weight excluding hydrogens is 691 g/mol. The van der Waals surface area contributed by atoms with Crippen LogP contribution in [0.5, 0.6) is 0 Å². The van der Waals surface area contributed by atoms with E-state index in [1.54, 1.807) is 6.08 Å². The second kappa shape index (κ2) is 18.1. The smallest absolute Gasteiger partial charge is 0.407 e. The topological polar surface area (TPSA) is 81.7 Å². The van der Waals surface area contributed by atoms with Gasteiger partial charge in [-0.15, -0.1) is 11.8 Å². The summed E-state index contributed by atoms with van der Waals surface area (Å²) in [6.07, 6.45) is 3.02. The minimum Gasteiger partial charge on any atom is -0.456 e. The van der Waals surface area contributed by atoms with Gasteiger partial charge in [-0.25, -0.2) is 9.59 Å². The zero-order chi connectivity index (χ0) is 37.9. The van der Waals surface area contributed by atoms with Crippen molar-refractivity contribution in [1.29, 1.82) is 0 Å². The Hall–Kier alpha value is -5.40. The van der Waals surface area contributed by atoms with E-state index in [4.69, 9.17) is 9.47 Å². The van der Waals surface area contributed by atoms with Gasteiger partial charge < -0.3 is 14.8 Å². The summed E-state index contributed by atoms with van der Waals surface area (Å²) >= 11 is 1.84. The zero-order valence-electron chi connectivity index (χ0n) is 31.0. The lowest BCUT2D eigenvalue weighted by Gasteiger charge is -2.35. The number of nitrogens with one attached hydrogen (secondary N) is 1. The number of benzene rings is 5. The average Bonchev–Trinajstić information content (AvgIpc) is 3.51. The number of allylic oxidation sites excluding steroid dienone is 1. The quantitative estimate of drug-likeness (QED) is 0.0470. The van der Waals surface area contributed by atoms with Crippen LogP contribution in [-0.2, 0) is 23.8 Å². The lowest BCUT2D eigenvalue weighted by atomic mass is 9.84. The summed E-state index contributed by atoms with van der Waals surface area (Å²) < 4.78 is 11.2. The van der Waals surface area contributed by atoms with Gasteiger partial charge in [0.1, 0.15) is 24.5 Å². The molecule has 0 bridgehead atoms. The number of hydrogen-bond acceptors (Lipinski definition) is 6. The maximum absolute atomic E-state index is 13.5. The van der Waals surface area contributed by atoms with Gasteiger partial charge in [0.25, 0.3) is 0 Å². The molecule has 0 aliphatic heterocycles. The Morgan fingerprint density at radius 3 is 1.69 bits per heavy atom. The molecule has 54 heavy (non-hydrogen) atoms. The van der Waals surface area contributed by atoms with Gasteiger partial charge >= 0.3 is 12.1 Å². The predicted molar refractivity (Wildman–Crippen MR) is 217 cm³/mol. The molecule has 0 heterocycles. The van der Waals surface area contributed by atoms with Gasteiger partial charge in [0, 0.05) is 12.3 Å². The number of ether oxygens (including phenoxy) is 2. The summed E-state index contributed by atoms with van der Waals surface area (Å²) in [5, 5.41) is 2.74. The van der Waals surface area contributed by atoms with Crippen LogP contribution in [0.25, 0.3) is 11.1 Å². The van der Waals surface area contributed by atoms with Gasteiger partial charge in [0.05, 0.1) is 4.75 Å². The lowest BCUT2D eigenvalue weighted by molar-refractivity contribution is -0.151. The molecule has 5 aromatic rings. The molecular formula is C47H47NO5S. The van der Waals surface area contributed by atoms with Crippen LogP contribution >= 0.6 is 11.8 Å². The second-order valence-corrected chi connectivity index (χ2v) is 15.2. The number of rotatable bonds is 16. The summed E-state index contributed by atoms with van der Waals surface area (Å²) in [4.78, 5) is 39.0. The Labute approximate surface area is 323 Å². The molecule has 1 aliphatic rings. The average molecular weight is 738 g/mol. The third-order valence-corrected chi connectivity index (χ3v) is 11.4. The van der Waals surface area contributed by atoms with Crippen LogP contribution < -0.4 is 5.32 Å². The van der Waals surface area contributed by atoms with E-state index in [1.165, 1.54) is 23.6 Å². The van der Waals surface area contributed by atoms with Gasteiger partial charge in [-0.05, 0) is 70.0 Å². The highest BCUT2D eigenvalue weighted by Gasteiger charge is 2.37. The first-order valence-corrected chi connectivity index (χ1v) is 19.5. The number of fused-ring (bicyclic) bond motifs is 3. The number of ketones is 1. The largest absolute Gasteiger partial charge is 0.456 e. The van der Waals surface area contributed by atoms with Gasteiger partial charge in [-0.1, -0.05) is 159 Å². The number of esters is 1. The molecule has 276 valence electrons. The van der Waals surface area contributed by atoms with Crippen LogP contribution in [0.1, 0.15) is 67.3 Å². The van der Waals surface area contributed by atoms with Crippen molar-refractivity contribution in [2.45, 2.75) is 56.4 Å². The number of thioether (sulfide) groups is 1. The molecule has 1 N–H and O–H groups in total. The fraction of sp³-hybridized carbons (Fsp3) is 0.255. The SMILES string of the molecule is CC(=O)C[C@H](/C=C/CCSC(c1ccccc1)(c1ccccc1)c1ccccc1)OC(=O)C(NC(=O)OCC1c2ccccc2-c2ccccc21)C(C)C. The summed E-state index contributed by atoms with van der Waals surface area (Å²) in [5.74, 6) is -0.338. The molecule has 0 fully saturated rings. The van der Waals surface area contributed by atoms with Crippen LogP contribution in [0.3, 0.4) is 0 Å². The van der Waals surface area contributed by atoms with Crippen LogP contribution in [0.4, 0.5) is 4.79 Å². The second-order valence-electron chi connectivity index (χ2n) is 13.9. The Morgan fingerprint density at radius 2 is 1.20 bits per heavy atom. The Kier molecular flexibility index (Phi) is 12.8. The lowest BCUT2D eigenvalue weighted by Crippen LogP contribution is -2.46. The number of Topliss-reactive ketones (excluding diaryl/α,β-unsaturated/α-hetero) is 1. The molecule has 1 aliphatic carbocycles. The van der Waals surface area contributed by atoms with E-state index < -0.39 is 29.0 Å². The molecule has 1 unspecified atom stereocenters. The van der Waals surface area contributed by atoms with Gasteiger partial charge in [0.2, 0.25) is 0 Å². The predicted octanol–water partition coefficient (Wildman–Crippen LogP) is 10.1. The van der Waals surface area contributed by atoms with Crippen LogP contribution in [0.2, 0.25) is 0 Å². The van der Waals surface area contributed by atoms with Gasteiger partial charge in [-0.3, -0.25) is 4.79 Å². The standard InChI is InChI=1S/C47H47NO5S/c1-33(2)44(48-46(51)52-32-43-41-28-15-13-26-39(41)40-27-14-16-29-42(40)43)45(50)53-38(31-34(3)49)25-17-18-30-54-47(35-19-7-4-8-20-35,36-21-9-5-10-22-36)37-23-11-6-12-24-37/h4-17,19-29,33,38,43-44H,18,30-32H2,1-3H3,(H,48,51)/b25-17+/t38-,44?/m0/s1. The molecule has 6 nitrogen and oxygen atoms in total. The molecule has 0 saturated carbocycles. The van der Waals surface area contributed by atoms with Crippen molar-refractivity contribution in [2.24, 2.45) is 5.92 Å². The monoisotopic (exact) mass is 737 g/mol. The van der Waals surface area contributed by atoms with E-state index in [-0.39, 0.29) is 30.6 Å². The highest BCUT2D eigenvalue weighted by Crippen LogP contribution is 2.49. The summed E-state index contributed by atoms with van der Waals surface area (Å²) in [6, 6.07) is 46.9. The third-order valence-electron chi connectivity index (χ3n) is 9.79. The normalized spacial score (nSPS) is 13.6. The first-order valence-electron chi connectivity index (χ1n) is 18.6. The molecule has 0 saturated heterocycles. The maximum atomic E-state index is 13.5. The first-order chi connectivity index (χ1) is 26.3. The van der Waals surface area contributed by atoms with Crippen molar-refractivity contribution in [3.63, 3.8) is 0 Å². The number of amides is 1. The molecule has 6 rings (SSSR count). The van der Waals surface area contributed by atoms with Crippen LogP contribution in [0, 0.1) is 5.92 Å². The van der Waals surface area contributed by atoms with Gasteiger partial charge in [0.15, 0.2) is 0 Å². The molecule has 0 radical (unpaired) electrons. The third kappa shape index (κ3) is 8.86. The summed E-state index contributed by atoms with van der Waals surface area (Å²) in [6.45, 7) is 5.28. The Balaban J connectivity index is 1.10. The zero-order valence-corrected chi connectivity index (χ0v) is 31.8. The Morgan fingerprint density at radius 1 is 0.722 bits per heavy atom. The fourth-order valence-electron chi connectivity index (χ4n) is 7.22. The minimum absolute atomic E-state index is 0.0348. The Bertz CT molecular complexity index is 1900. The van der Waals surface area contributed by atoms with Crippen molar-refractivity contribution in [3.05, 3.63) is 179 Å². The fourth-order valence-corrected chi connectivity index (χ4v) is 8.68. The number of hydrogen-bond donors (Lipinski definition) is 1. The van der Waals surface area contributed by atoms with E-state index in [0.29, 0.717) is 6.42 Å². The van der Waals surface area contributed by atoms with E-state index in [0.717, 1.165) is 28.0 Å². The maximum Gasteiger partial charge on any atom is 0.407 e. The number of carbonyl (C=O) groups excluding carboxylic acids is 3. The molecule has 0 aromatic heterocycles. The number of alkyl carbamates (subject to hydrolysis) is 1. The van der Waals surface area contributed by atoms with Crippen molar-refractivity contribution in [3.8, 4) is 11.1 Å². The molecule has 7 heteroatoms. The molecule has 1 amide bonds. The highest BCUT2D eigenvalue weighted by atomic mass is 32.2.